The molecule has 2 saturated heterocycles. The highest BCUT2D eigenvalue weighted by molar-refractivity contribution is 5.74. The summed E-state index contributed by atoms with van der Waals surface area (Å²) in [5.41, 5.74) is -0.535. The van der Waals surface area contributed by atoms with E-state index >= 15 is 0 Å². The van der Waals surface area contributed by atoms with E-state index in [1.54, 1.807) is 4.90 Å². The Morgan fingerprint density at radius 1 is 1.28 bits per heavy atom. The van der Waals surface area contributed by atoms with E-state index in [-0.39, 0.29) is 12.1 Å². The summed E-state index contributed by atoms with van der Waals surface area (Å²) in [6.45, 7) is 6.11. The topological polar surface area (TPSA) is 66.8 Å². The molecule has 18 heavy (non-hydrogen) atoms. The van der Waals surface area contributed by atoms with E-state index in [1.165, 1.54) is 0 Å². The molecular weight excluding hydrogens is 234 g/mol. The molecular formula is C13H21NO4. The molecule has 0 aromatic carbocycles. The number of fused-ring (bicyclic) bond motifs is 3. The number of amides is 1. The zero-order valence-corrected chi connectivity index (χ0v) is 11.2. The van der Waals surface area contributed by atoms with Crippen molar-refractivity contribution in [2.24, 2.45) is 11.8 Å². The third-order valence-electron chi connectivity index (χ3n) is 3.72. The maximum atomic E-state index is 12.1. The Bertz CT molecular complexity index is 360. The van der Waals surface area contributed by atoms with E-state index in [4.69, 9.17) is 4.74 Å². The predicted molar refractivity (Wildman–Crippen MR) is 65.2 cm³/mol. The second-order valence-corrected chi connectivity index (χ2v) is 6.32. The van der Waals surface area contributed by atoms with Gasteiger partial charge >= 0.3 is 12.1 Å². The average Bonchev–Trinajstić information content (AvgIpc) is 2.27. The highest BCUT2D eigenvalue weighted by Crippen LogP contribution is 2.39. The summed E-state index contributed by atoms with van der Waals surface area (Å²) >= 11 is 0. The SMILES string of the molecule is CC(C)(C)OC(=O)N1C[C@@H]2CC[C@@H]1C(C(=O)O)C2. The fourth-order valence-corrected chi connectivity index (χ4v) is 2.99. The number of carboxylic acids is 1. The number of piperidine rings is 2. The van der Waals surface area contributed by atoms with Gasteiger partial charge in [-0.15, -0.1) is 0 Å². The van der Waals surface area contributed by atoms with E-state index in [1.807, 2.05) is 20.8 Å². The van der Waals surface area contributed by atoms with Crippen LogP contribution >= 0.6 is 0 Å². The minimum atomic E-state index is -0.794. The van der Waals surface area contributed by atoms with Crippen molar-refractivity contribution in [3.05, 3.63) is 0 Å². The summed E-state index contributed by atoms with van der Waals surface area (Å²) in [6.07, 6.45) is 2.12. The van der Waals surface area contributed by atoms with Crippen molar-refractivity contribution in [1.82, 2.24) is 4.90 Å². The van der Waals surface area contributed by atoms with E-state index in [9.17, 15) is 14.7 Å². The number of carbonyl (C=O) groups is 2. The molecule has 1 N–H and O–H groups in total. The Kier molecular flexibility index (Phi) is 3.25. The van der Waals surface area contributed by atoms with Crippen LogP contribution in [0.4, 0.5) is 4.79 Å². The van der Waals surface area contributed by atoms with Crippen molar-refractivity contribution < 1.29 is 19.4 Å². The van der Waals surface area contributed by atoms with E-state index in [0.717, 1.165) is 12.8 Å². The lowest BCUT2D eigenvalue weighted by molar-refractivity contribution is -0.149. The summed E-state index contributed by atoms with van der Waals surface area (Å²) in [5.74, 6) is -0.911. The first-order valence-electron chi connectivity index (χ1n) is 6.50. The molecule has 0 aromatic rings. The summed E-state index contributed by atoms with van der Waals surface area (Å²) in [7, 11) is 0. The molecule has 1 saturated carbocycles. The minimum absolute atomic E-state index is 0.192. The lowest BCUT2D eigenvalue weighted by Crippen LogP contribution is -2.57. The van der Waals surface area contributed by atoms with Gasteiger partial charge in [0, 0.05) is 12.6 Å². The molecule has 5 heteroatoms. The fourth-order valence-electron chi connectivity index (χ4n) is 2.99. The molecule has 0 radical (unpaired) electrons. The Morgan fingerprint density at radius 2 is 1.94 bits per heavy atom. The zero-order chi connectivity index (χ0) is 13.5. The number of ether oxygens (including phenoxy) is 1. The Hall–Kier alpha value is -1.26. The first kappa shape index (κ1) is 13.2. The Balaban J connectivity index is 2.10. The normalized spacial score (nSPS) is 31.3. The molecule has 1 aliphatic carbocycles. The van der Waals surface area contributed by atoms with Crippen LogP contribution < -0.4 is 0 Å². The lowest BCUT2D eigenvalue weighted by atomic mass is 9.73. The maximum Gasteiger partial charge on any atom is 0.410 e. The van der Waals surface area contributed by atoms with Crippen molar-refractivity contribution in [2.75, 3.05) is 6.54 Å². The van der Waals surface area contributed by atoms with Crippen LogP contribution in [0.15, 0.2) is 0 Å². The van der Waals surface area contributed by atoms with Gasteiger partial charge < -0.3 is 14.7 Å². The van der Waals surface area contributed by atoms with Crippen LogP contribution in [0.5, 0.6) is 0 Å². The van der Waals surface area contributed by atoms with E-state index < -0.39 is 17.5 Å². The number of nitrogens with zero attached hydrogens (tertiary/aromatic N) is 1. The first-order valence-corrected chi connectivity index (χ1v) is 6.50. The van der Waals surface area contributed by atoms with Gasteiger partial charge in [0.25, 0.3) is 0 Å². The zero-order valence-electron chi connectivity index (χ0n) is 11.2. The van der Waals surface area contributed by atoms with Crippen LogP contribution in [0.3, 0.4) is 0 Å². The standard InChI is InChI=1S/C13H21NO4/c1-13(2,3)18-12(17)14-7-8-4-5-10(14)9(6-8)11(15)16/h8-10H,4-7H2,1-3H3,(H,15,16)/t8-,9?,10-/m1/s1. The fraction of sp³-hybridized carbons (Fsp3) is 0.846. The second kappa shape index (κ2) is 4.44. The summed E-state index contributed by atoms with van der Waals surface area (Å²) in [5, 5.41) is 9.21. The van der Waals surface area contributed by atoms with Gasteiger partial charge in [0.2, 0.25) is 0 Å². The van der Waals surface area contributed by atoms with Gasteiger partial charge in [0.05, 0.1) is 5.92 Å². The highest BCUT2D eigenvalue weighted by atomic mass is 16.6. The summed E-state index contributed by atoms with van der Waals surface area (Å²) in [6, 6.07) is -0.192. The molecule has 3 aliphatic rings. The number of carboxylic acid groups (broad SMARTS) is 1. The quantitative estimate of drug-likeness (QED) is 0.779. The van der Waals surface area contributed by atoms with Crippen LogP contribution in [0.2, 0.25) is 0 Å². The molecule has 2 bridgehead atoms. The molecule has 1 amide bonds. The van der Waals surface area contributed by atoms with Crippen LogP contribution in [0, 0.1) is 11.8 Å². The van der Waals surface area contributed by atoms with Gasteiger partial charge in [-0.1, -0.05) is 0 Å². The predicted octanol–water partition coefficient (Wildman–Crippen LogP) is 2.11. The van der Waals surface area contributed by atoms with Crippen molar-refractivity contribution in [2.45, 2.75) is 51.7 Å². The van der Waals surface area contributed by atoms with Crippen LogP contribution in [0.1, 0.15) is 40.0 Å². The number of rotatable bonds is 1. The smallest absolute Gasteiger partial charge is 0.410 e. The van der Waals surface area contributed by atoms with Gasteiger partial charge in [-0.2, -0.15) is 0 Å². The van der Waals surface area contributed by atoms with Crippen LogP contribution in [-0.4, -0.2) is 40.3 Å². The van der Waals surface area contributed by atoms with Crippen molar-refractivity contribution in [3.8, 4) is 0 Å². The monoisotopic (exact) mass is 255 g/mol. The number of hydrogen-bond acceptors (Lipinski definition) is 3. The van der Waals surface area contributed by atoms with E-state index in [2.05, 4.69) is 0 Å². The molecule has 102 valence electrons. The molecule has 1 unspecified atom stereocenters. The van der Waals surface area contributed by atoms with Crippen molar-refractivity contribution in [3.63, 3.8) is 0 Å². The van der Waals surface area contributed by atoms with Gasteiger partial charge in [-0.25, -0.2) is 4.79 Å². The Labute approximate surface area is 107 Å². The number of hydrogen-bond donors (Lipinski definition) is 1. The van der Waals surface area contributed by atoms with Crippen molar-refractivity contribution >= 4 is 12.1 Å². The van der Waals surface area contributed by atoms with E-state index in [0.29, 0.717) is 18.9 Å². The van der Waals surface area contributed by atoms with Gasteiger partial charge in [0.1, 0.15) is 5.60 Å². The summed E-state index contributed by atoms with van der Waals surface area (Å²) in [4.78, 5) is 24.9. The van der Waals surface area contributed by atoms with Crippen molar-refractivity contribution in [1.29, 1.82) is 0 Å². The second-order valence-electron chi connectivity index (χ2n) is 6.32. The molecule has 3 fully saturated rings. The molecule has 5 nitrogen and oxygen atoms in total. The third kappa shape index (κ3) is 2.60. The lowest BCUT2D eigenvalue weighted by Gasteiger charge is -2.48. The number of carbonyl (C=O) groups excluding carboxylic acids is 1. The third-order valence-corrected chi connectivity index (χ3v) is 3.72. The molecule has 0 aromatic heterocycles. The molecule has 3 rings (SSSR count). The summed E-state index contributed by atoms with van der Waals surface area (Å²) < 4.78 is 5.35. The maximum absolute atomic E-state index is 12.1. The Morgan fingerprint density at radius 3 is 2.44 bits per heavy atom. The first-order chi connectivity index (χ1) is 8.28. The average molecular weight is 255 g/mol. The molecule has 2 aliphatic heterocycles. The number of aliphatic carboxylic acids is 1. The largest absolute Gasteiger partial charge is 0.481 e. The minimum Gasteiger partial charge on any atom is -0.481 e. The van der Waals surface area contributed by atoms with Gasteiger partial charge in [0.15, 0.2) is 0 Å². The van der Waals surface area contributed by atoms with Crippen LogP contribution in [-0.2, 0) is 9.53 Å². The molecule has 3 atom stereocenters. The highest BCUT2D eigenvalue weighted by Gasteiger charge is 2.46. The van der Waals surface area contributed by atoms with Gasteiger partial charge in [-0.05, 0) is 46.0 Å². The van der Waals surface area contributed by atoms with Gasteiger partial charge in [-0.3, -0.25) is 4.79 Å². The molecule has 2 heterocycles. The van der Waals surface area contributed by atoms with Crippen LogP contribution in [0.25, 0.3) is 0 Å². The molecule has 0 spiro atoms.